The number of benzene rings is 1. The third-order valence-electron chi connectivity index (χ3n) is 4.94. The smallest absolute Gasteiger partial charge is 0.244 e. The lowest BCUT2D eigenvalue weighted by molar-refractivity contribution is -0.138. The monoisotopic (exact) mass is 326 g/mol. The molecule has 1 amide bonds. The Bertz CT molecular complexity index is 641. The van der Waals surface area contributed by atoms with Crippen LogP contribution in [0.4, 0.5) is 0 Å². The molecule has 1 aromatic carbocycles. The second kappa shape index (κ2) is 7.62. The first kappa shape index (κ1) is 16.7. The van der Waals surface area contributed by atoms with E-state index < -0.39 is 0 Å². The SMILES string of the molecule is CCN(C)[C@H](C(=O)N1CCC[C@H](n2ccnc2)C1)c1ccccc1. The Morgan fingerprint density at radius 2 is 2.17 bits per heavy atom. The van der Waals surface area contributed by atoms with Gasteiger partial charge < -0.3 is 9.47 Å². The van der Waals surface area contributed by atoms with Gasteiger partial charge in [-0.25, -0.2) is 4.98 Å². The van der Waals surface area contributed by atoms with Gasteiger partial charge in [-0.05, 0) is 32.0 Å². The predicted octanol–water partition coefficient (Wildman–Crippen LogP) is 2.74. The number of likely N-dealkylation sites (N-methyl/N-ethyl adjacent to an activating group) is 1. The summed E-state index contributed by atoms with van der Waals surface area (Å²) >= 11 is 0. The van der Waals surface area contributed by atoms with Gasteiger partial charge in [-0.3, -0.25) is 9.69 Å². The van der Waals surface area contributed by atoms with Crippen molar-refractivity contribution in [3.8, 4) is 0 Å². The van der Waals surface area contributed by atoms with Gasteiger partial charge in [0, 0.05) is 25.5 Å². The van der Waals surface area contributed by atoms with Crippen molar-refractivity contribution in [2.45, 2.75) is 31.8 Å². The van der Waals surface area contributed by atoms with E-state index in [-0.39, 0.29) is 11.9 Å². The Labute approximate surface area is 143 Å². The van der Waals surface area contributed by atoms with Crippen molar-refractivity contribution in [2.24, 2.45) is 0 Å². The Balaban J connectivity index is 1.79. The topological polar surface area (TPSA) is 41.4 Å². The third kappa shape index (κ3) is 3.51. The summed E-state index contributed by atoms with van der Waals surface area (Å²) < 4.78 is 2.13. The molecule has 128 valence electrons. The van der Waals surface area contributed by atoms with Gasteiger partial charge in [0.1, 0.15) is 6.04 Å². The highest BCUT2D eigenvalue weighted by molar-refractivity contribution is 5.83. The maximum atomic E-state index is 13.3. The lowest BCUT2D eigenvalue weighted by Gasteiger charge is -2.37. The van der Waals surface area contributed by atoms with E-state index >= 15 is 0 Å². The number of amides is 1. The summed E-state index contributed by atoms with van der Waals surface area (Å²) in [5.74, 6) is 0.204. The molecule has 0 bridgehead atoms. The molecule has 2 aromatic rings. The van der Waals surface area contributed by atoms with E-state index in [9.17, 15) is 4.79 Å². The molecule has 5 heteroatoms. The van der Waals surface area contributed by atoms with E-state index in [1.807, 2.05) is 54.8 Å². The van der Waals surface area contributed by atoms with Crippen molar-refractivity contribution in [3.05, 3.63) is 54.6 Å². The summed E-state index contributed by atoms with van der Waals surface area (Å²) in [6, 6.07) is 10.2. The van der Waals surface area contributed by atoms with E-state index in [1.54, 1.807) is 6.20 Å². The molecular formula is C19H26N4O. The van der Waals surface area contributed by atoms with Gasteiger partial charge in [-0.2, -0.15) is 0 Å². The van der Waals surface area contributed by atoms with Crippen LogP contribution < -0.4 is 0 Å². The maximum absolute atomic E-state index is 13.3. The number of likely N-dealkylation sites (tertiary alicyclic amines) is 1. The minimum Gasteiger partial charge on any atom is -0.339 e. The summed E-state index contributed by atoms with van der Waals surface area (Å²) in [4.78, 5) is 21.6. The van der Waals surface area contributed by atoms with Gasteiger partial charge in [0.15, 0.2) is 0 Å². The van der Waals surface area contributed by atoms with Crippen LogP contribution in [-0.4, -0.2) is 51.9 Å². The molecule has 1 saturated heterocycles. The molecule has 1 fully saturated rings. The number of carbonyl (C=O) groups is 1. The number of imidazole rings is 1. The average Bonchev–Trinajstić information content (AvgIpc) is 3.17. The lowest BCUT2D eigenvalue weighted by Crippen LogP contribution is -2.46. The number of piperidine rings is 1. The molecule has 1 aliphatic rings. The first-order valence-electron chi connectivity index (χ1n) is 8.72. The number of rotatable bonds is 5. The van der Waals surface area contributed by atoms with Crippen LogP contribution in [0.1, 0.15) is 37.4 Å². The molecular weight excluding hydrogens is 300 g/mol. The fourth-order valence-corrected chi connectivity index (χ4v) is 3.46. The largest absolute Gasteiger partial charge is 0.339 e. The van der Waals surface area contributed by atoms with Crippen molar-refractivity contribution >= 4 is 5.91 Å². The van der Waals surface area contributed by atoms with Gasteiger partial charge >= 0.3 is 0 Å². The highest BCUT2D eigenvalue weighted by Gasteiger charge is 2.32. The summed E-state index contributed by atoms with van der Waals surface area (Å²) in [6.45, 7) is 4.53. The molecule has 2 heterocycles. The Hall–Kier alpha value is -2.14. The Kier molecular flexibility index (Phi) is 5.30. The third-order valence-corrected chi connectivity index (χ3v) is 4.94. The van der Waals surface area contributed by atoms with Crippen molar-refractivity contribution in [2.75, 3.05) is 26.7 Å². The molecule has 3 rings (SSSR count). The molecule has 1 aliphatic heterocycles. The number of hydrogen-bond acceptors (Lipinski definition) is 3. The molecule has 0 radical (unpaired) electrons. The average molecular weight is 326 g/mol. The zero-order chi connectivity index (χ0) is 16.9. The van der Waals surface area contributed by atoms with Gasteiger partial charge in [0.05, 0.1) is 12.4 Å². The molecule has 5 nitrogen and oxygen atoms in total. The fraction of sp³-hybridized carbons (Fsp3) is 0.474. The van der Waals surface area contributed by atoms with E-state index in [2.05, 4.69) is 21.4 Å². The van der Waals surface area contributed by atoms with Crippen LogP contribution in [0.15, 0.2) is 49.1 Å². The molecule has 0 N–H and O–H groups in total. The number of carbonyl (C=O) groups excluding carboxylic acids is 1. The minimum absolute atomic E-state index is 0.204. The zero-order valence-corrected chi connectivity index (χ0v) is 14.5. The van der Waals surface area contributed by atoms with Gasteiger partial charge in [-0.15, -0.1) is 0 Å². The number of hydrogen-bond donors (Lipinski definition) is 0. The van der Waals surface area contributed by atoms with Crippen molar-refractivity contribution in [1.82, 2.24) is 19.4 Å². The highest BCUT2D eigenvalue weighted by Crippen LogP contribution is 2.27. The quantitative estimate of drug-likeness (QED) is 0.848. The van der Waals surface area contributed by atoms with E-state index in [0.29, 0.717) is 6.04 Å². The van der Waals surface area contributed by atoms with Crippen LogP contribution in [0.3, 0.4) is 0 Å². The first-order chi connectivity index (χ1) is 11.7. The second-order valence-corrected chi connectivity index (χ2v) is 6.48. The summed E-state index contributed by atoms with van der Waals surface area (Å²) in [7, 11) is 2.02. The second-order valence-electron chi connectivity index (χ2n) is 6.48. The molecule has 0 saturated carbocycles. The van der Waals surface area contributed by atoms with Gasteiger partial charge in [0.25, 0.3) is 0 Å². The molecule has 0 aliphatic carbocycles. The van der Waals surface area contributed by atoms with Crippen LogP contribution in [0.2, 0.25) is 0 Å². The number of nitrogens with zero attached hydrogens (tertiary/aromatic N) is 4. The van der Waals surface area contributed by atoms with Crippen LogP contribution >= 0.6 is 0 Å². The fourth-order valence-electron chi connectivity index (χ4n) is 3.46. The van der Waals surface area contributed by atoms with Crippen molar-refractivity contribution in [3.63, 3.8) is 0 Å². The molecule has 0 spiro atoms. The molecule has 1 aromatic heterocycles. The lowest BCUT2D eigenvalue weighted by atomic mass is 10.0. The standard InChI is InChI=1S/C19H26N4O/c1-3-21(2)18(16-8-5-4-6-9-16)19(24)22-12-7-10-17(14-22)23-13-11-20-15-23/h4-6,8-9,11,13,15,17-18H,3,7,10,12,14H2,1-2H3/t17-,18-/m0/s1. The van der Waals surface area contributed by atoms with Crippen LogP contribution in [-0.2, 0) is 4.79 Å². The highest BCUT2D eigenvalue weighted by atomic mass is 16.2. The van der Waals surface area contributed by atoms with Crippen LogP contribution in [0.25, 0.3) is 0 Å². The Morgan fingerprint density at radius 3 is 2.83 bits per heavy atom. The Morgan fingerprint density at radius 1 is 1.38 bits per heavy atom. The summed E-state index contributed by atoms with van der Waals surface area (Å²) in [6.07, 6.45) is 7.78. The first-order valence-corrected chi connectivity index (χ1v) is 8.72. The van der Waals surface area contributed by atoms with Crippen LogP contribution in [0, 0.1) is 0 Å². The predicted molar refractivity (Wildman–Crippen MR) is 94.6 cm³/mol. The van der Waals surface area contributed by atoms with Crippen molar-refractivity contribution < 1.29 is 4.79 Å². The zero-order valence-electron chi connectivity index (χ0n) is 14.5. The molecule has 0 unspecified atom stereocenters. The van der Waals surface area contributed by atoms with Gasteiger partial charge in [0.2, 0.25) is 5.91 Å². The van der Waals surface area contributed by atoms with E-state index in [1.165, 1.54) is 0 Å². The van der Waals surface area contributed by atoms with E-state index in [4.69, 9.17) is 0 Å². The summed E-state index contributed by atoms with van der Waals surface area (Å²) in [5, 5.41) is 0. The normalized spacial score (nSPS) is 19.5. The number of aromatic nitrogens is 2. The minimum atomic E-state index is -0.210. The molecule has 2 atom stereocenters. The summed E-state index contributed by atoms with van der Waals surface area (Å²) in [5.41, 5.74) is 1.07. The van der Waals surface area contributed by atoms with Crippen LogP contribution in [0.5, 0.6) is 0 Å². The van der Waals surface area contributed by atoms with Crippen molar-refractivity contribution in [1.29, 1.82) is 0 Å². The van der Waals surface area contributed by atoms with Gasteiger partial charge in [-0.1, -0.05) is 37.3 Å². The molecule has 24 heavy (non-hydrogen) atoms. The maximum Gasteiger partial charge on any atom is 0.244 e. The van der Waals surface area contributed by atoms with E-state index in [0.717, 1.165) is 38.0 Å².